The first-order valence-electron chi connectivity index (χ1n) is 7.03. The fourth-order valence-corrected chi connectivity index (χ4v) is 3.56. The molecule has 0 aliphatic carbocycles. The van der Waals surface area contributed by atoms with Crippen molar-refractivity contribution in [3.8, 4) is 0 Å². The van der Waals surface area contributed by atoms with E-state index >= 15 is 0 Å². The van der Waals surface area contributed by atoms with Crippen LogP contribution in [0.3, 0.4) is 0 Å². The normalized spacial score (nSPS) is 12.3. The molecule has 23 heavy (non-hydrogen) atoms. The minimum absolute atomic E-state index is 0.0631. The second-order valence-electron chi connectivity index (χ2n) is 5.19. The van der Waals surface area contributed by atoms with E-state index in [4.69, 9.17) is 16.3 Å². The summed E-state index contributed by atoms with van der Waals surface area (Å²) in [6.45, 7) is 2.08. The van der Waals surface area contributed by atoms with E-state index in [1.807, 2.05) is 35.0 Å². The number of halogens is 2. The van der Waals surface area contributed by atoms with E-state index in [2.05, 4.69) is 34.6 Å². The molecular weight excluding hydrogens is 427 g/mol. The van der Waals surface area contributed by atoms with E-state index in [1.165, 1.54) is 7.11 Å². The van der Waals surface area contributed by atoms with Crippen molar-refractivity contribution in [3.63, 3.8) is 0 Å². The average molecular weight is 441 g/mol. The van der Waals surface area contributed by atoms with Gasteiger partial charge in [-0.05, 0) is 65.4 Å². The largest absolute Gasteiger partial charge is 0.465 e. The highest BCUT2D eigenvalue weighted by Crippen LogP contribution is 2.28. The van der Waals surface area contributed by atoms with Gasteiger partial charge in [0.15, 0.2) is 0 Å². The third-order valence-electron chi connectivity index (χ3n) is 3.78. The van der Waals surface area contributed by atoms with Crippen LogP contribution in [0.1, 0.15) is 28.9 Å². The van der Waals surface area contributed by atoms with Crippen LogP contribution in [-0.2, 0) is 4.74 Å². The molecule has 2 aromatic carbocycles. The van der Waals surface area contributed by atoms with Crippen LogP contribution in [0.4, 0.5) is 0 Å². The first kappa shape index (κ1) is 16.3. The molecule has 0 aliphatic rings. The van der Waals surface area contributed by atoms with Crippen molar-refractivity contribution >= 4 is 51.1 Å². The Bertz CT molecular complexity index is 874. The SMILES string of the molecule is COC(=O)c1ccc2c(I)n(C(C)c3ccc(Cl)cc3)nc2c1. The van der Waals surface area contributed by atoms with Crippen molar-refractivity contribution in [1.29, 1.82) is 0 Å². The van der Waals surface area contributed by atoms with Crippen LogP contribution in [0.5, 0.6) is 0 Å². The maximum Gasteiger partial charge on any atom is 0.337 e. The number of methoxy groups -OCH3 is 1. The summed E-state index contributed by atoms with van der Waals surface area (Å²) >= 11 is 8.23. The zero-order chi connectivity index (χ0) is 16.6. The van der Waals surface area contributed by atoms with Gasteiger partial charge in [0.2, 0.25) is 0 Å². The van der Waals surface area contributed by atoms with Crippen LogP contribution in [-0.4, -0.2) is 22.9 Å². The molecule has 0 aliphatic heterocycles. The Hall–Kier alpha value is -1.60. The number of carbonyl (C=O) groups is 1. The van der Waals surface area contributed by atoms with Gasteiger partial charge in [-0.15, -0.1) is 0 Å². The standard InChI is InChI=1S/C17H14ClIN2O2/c1-10(11-3-6-13(18)7-4-11)21-16(19)14-8-5-12(17(22)23-2)9-15(14)20-21/h3-10H,1-2H3. The highest BCUT2D eigenvalue weighted by Gasteiger charge is 2.17. The van der Waals surface area contributed by atoms with E-state index in [9.17, 15) is 4.79 Å². The molecule has 1 heterocycles. The third-order valence-corrected chi connectivity index (χ3v) is 5.10. The summed E-state index contributed by atoms with van der Waals surface area (Å²) in [6.07, 6.45) is 0. The first-order chi connectivity index (χ1) is 11.0. The van der Waals surface area contributed by atoms with E-state index in [1.54, 1.807) is 12.1 Å². The van der Waals surface area contributed by atoms with Gasteiger partial charge < -0.3 is 4.74 Å². The van der Waals surface area contributed by atoms with E-state index in [-0.39, 0.29) is 12.0 Å². The van der Waals surface area contributed by atoms with Gasteiger partial charge in [-0.1, -0.05) is 23.7 Å². The number of benzene rings is 2. The molecule has 1 atom stereocenters. The molecule has 4 nitrogen and oxygen atoms in total. The molecule has 1 aromatic heterocycles. The van der Waals surface area contributed by atoms with Crippen LogP contribution >= 0.6 is 34.2 Å². The molecule has 118 valence electrons. The van der Waals surface area contributed by atoms with Crippen molar-refractivity contribution in [2.75, 3.05) is 7.11 Å². The first-order valence-corrected chi connectivity index (χ1v) is 8.48. The number of rotatable bonds is 3. The summed E-state index contributed by atoms with van der Waals surface area (Å²) < 4.78 is 7.74. The second kappa shape index (κ2) is 6.49. The Morgan fingerprint density at radius 2 is 1.96 bits per heavy atom. The van der Waals surface area contributed by atoms with Gasteiger partial charge in [-0.2, -0.15) is 5.10 Å². The van der Waals surface area contributed by atoms with Crippen LogP contribution in [0.2, 0.25) is 5.02 Å². The Morgan fingerprint density at radius 1 is 1.26 bits per heavy atom. The molecule has 3 rings (SSSR count). The average Bonchev–Trinajstić information content (AvgIpc) is 2.90. The molecule has 0 amide bonds. The molecular formula is C17H14ClIN2O2. The Morgan fingerprint density at radius 3 is 2.61 bits per heavy atom. The summed E-state index contributed by atoms with van der Waals surface area (Å²) in [5.74, 6) is -0.359. The number of esters is 1. The minimum atomic E-state index is -0.359. The predicted molar refractivity (Wildman–Crippen MR) is 99.1 cm³/mol. The van der Waals surface area contributed by atoms with Crippen molar-refractivity contribution < 1.29 is 9.53 Å². The van der Waals surface area contributed by atoms with E-state index < -0.39 is 0 Å². The van der Waals surface area contributed by atoms with Crippen LogP contribution in [0.25, 0.3) is 10.9 Å². The van der Waals surface area contributed by atoms with E-state index in [0.29, 0.717) is 10.6 Å². The molecule has 0 bridgehead atoms. The van der Waals surface area contributed by atoms with Crippen LogP contribution in [0, 0.1) is 3.70 Å². The number of carbonyl (C=O) groups excluding carboxylic acids is 1. The molecule has 6 heteroatoms. The number of nitrogens with zero attached hydrogens (tertiary/aromatic N) is 2. The second-order valence-corrected chi connectivity index (χ2v) is 6.64. The summed E-state index contributed by atoms with van der Waals surface area (Å²) in [6, 6.07) is 13.2. The zero-order valence-corrected chi connectivity index (χ0v) is 15.5. The molecule has 0 N–H and O–H groups in total. The quantitative estimate of drug-likeness (QED) is 0.438. The Balaban J connectivity index is 2.05. The minimum Gasteiger partial charge on any atom is -0.465 e. The fraction of sp³-hybridized carbons (Fsp3) is 0.176. The van der Waals surface area contributed by atoms with Crippen molar-refractivity contribution in [1.82, 2.24) is 9.78 Å². The topological polar surface area (TPSA) is 44.1 Å². The van der Waals surface area contributed by atoms with Gasteiger partial charge in [-0.25, -0.2) is 4.79 Å². The lowest BCUT2D eigenvalue weighted by atomic mass is 10.1. The van der Waals surface area contributed by atoms with E-state index in [0.717, 1.165) is 20.2 Å². The van der Waals surface area contributed by atoms with Gasteiger partial charge >= 0.3 is 5.97 Å². The van der Waals surface area contributed by atoms with Crippen LogP contribution < -0.4 is 0 Å². The fourth-order valence-electron chi connectivity index (χ4n) is 2.46. The number of hydrogen-bond acceptors (Lipinski definition) is 3. The lowest BCUT2D eigenvalue weighted by Gasteiger charge is -2.14. The summed E-state index contributed by atoms with van der Waals surface area (Å²) in [5, 5.41) is 6.38. The van der Waals surface area contributed by atoms with Gasteiger partial charge in [0.05, 0.1) is 24.2 Å². The molecule has 1 unspecified atom stereocenters. The number of ether oxygens (including phenoxy) is 1. The van der Waals surface area contributed by atoms with Crippen LogP contribution in [0.15, 0.2) is 42.5 Å². The van der Waals surface area contributed by atoms with Gasteiger partial charge in [0.1, 0.15) is 3.70 Å². The molecule has 0 fully saturated rings. The predicted octanol–water partition coefficient (Wildman–Crippen LogP) is 4.69. The smallest absolute Gasteiger partial charge is 0.337 e. The Labute approximate surface area is 152 Å². The van der Waals surface area contributed by atoms with Gasteiger partial charge in [0, 0.05) is 10.4 Å². The van der Waals surface area contributed by atoms with Gasteiger partial charge in [-0.3, -0.25) is 4.68 Å². The van der Waals surface area contributed by atoms with Crippen molar-refractivity contribution in [3.05, 3.63) is 62.3 Å². The highest BCUT2D eigenvalue weighted by atomic mass is 127. The monoisotopic (exact) mass is 440 g/mol. The van der Waals surface area contributed by atoms with Crippen molar-refractivity contribution in [2.45, 2.75) is 13.0 Å². The summed E-state index contributed by atoms with van der Waals surface area (Å²) in [7, 11) is 1.37. The molecule has 0 spiro atoms. The lowest BCUT2D eigenvalue weighted by Crippen LogP contribution is -2.10. The van der Waals surface area contributed by atoms with Crippen molar-refractivity contribution in [2.24, 2.45) is 0 Å². The zero-order valence-electron chi connectivity index (χ0n) is 12.6. The molecule has 3 aromatic rings. The summed E-state index contributed by atoms with van der Waals surface area (Å²) in [5.41, 5.74) is 2.40. The molecule has 0 saturated heterocycles. The third kappa shape index (κ3) is 3.07. The Kier molecular flexibility index (Phi) is 4.59. The number of fused-ring (bicyclic) bond motifs is 1. The number of aromatic nitrogens is 2. The lowest BCUT2D eigenvalue weighted by molar-refractivity contribution is 0.0601. The highest BCUT2D eigenvalue weighted by molar-refractivity contribution is 14.1. The number of hydrogen-bond donors (Lipinski definition) is 0. The maximum absolute atomic E-state index is 11.7. The molecule has 0 radical (unpaired) electrons. The summed E-state index contributed by atoms with van der Waals surface area (Å²) in [4.78, 5) is 11.7. The maximum atomic E-state index is 11.7. The van der Waals surface area contributed by atoms with Gasteiger partial charge in [0.25, 0.3) is 0 Å². The molecule has 0 saturated carbocycles.